The number of pyridine rings is 1. The van der Waals surface area contributed by atoms with Crippen molar-refractivity contribution in [1.82, 2.24) is 4.98 Å². The number of esters is 1. The second-order valence-corrected chi connectivity index (χ2v) is 3.42. The number of halogens is 3. The molecule has 5 nitrogen and oxygen atoms in total. The molecule has 0 aliphatic rings. The minimum absolute atomic E-state index is 0.188. The topological polar surface area (TPSA) is 68.4 Å². The van der Waals surface area contributed by atoms with Crippen molar-refractivity contribution in [2.45, 2.75) is 19.7 Å². The summed E-state index contributed by atoms with van der Waals surface area (Å²) in [5.41, 5.74) is -1.06. The maximum absolute atomic E-state index is 12.2. The molecule has 0 saturated heterocycles. The van der Waals surface area contributed by atoms with Crippen LogP contribution in [0.25, 0.3) is 0 Å². The van der Waals surface area contributed by atoms with Crippen LogP contribution in [0.3, 0.4) is 0 Å². The average Bonchev–Trinajstić information content (AvgIpc) is 2.20. The summed E-state index contributed by atoms with van der Waals surface area (Å²) >= 11 is 0. The molecule has 0 unspecified atom stereocenters. The summed E-state index contributed by atoms with van der Waals surface area (Å²) in [7, 11) is 1.06. The molecule has 0 aliphatic heterocycles. The Morgan fingerprint density at radius 1 is 1.44 bits per heavy atom. The van der Waals surface area contributed by atoms with Crippen LogP contribution < -0.4 is 10.3 Å². The summed E-state index contributed by atoms with van der Waals surface area (Å²) in [5, 5.41) is 0. The molecule has 1 aromatic heterocycles. The van der Waals surface area contributed by atoms with Crippen LogP contribution in [0, 0.1) is 6.92 Å². The van der Waals surface area contributed by atoms with E-state index in [4.69, 9.17) is 0 Å². The highest BCUT2D eigenvalue weighted by Gasteiger charge is 2.33. The first-order valence-corrected chi connectivity index (χ1v) is 4.78. The number of methoxy groups -OCH3 is 1. The molecule has 0 saturated carbocycles. The van der Waals surface area contributed by atoms with Gasteiger partial charge in [0, 0.05) is 11.8 Å². The van der Waals surface area contributed by atoms with Crippen LogP contribution in [0.2, 0.25) is 0 Å². The van der Waals surface area contributed by atoms with Crippen LogP contribution >= 0.6 is 0 Å². The van der Waals surface area contributed by atoms with Crippen molar-refractivity contribution < 1.29 is 27.4 Å². The Balaban J connectivity index is 3.21. The van der Waals surface area contributed by atoms with E-state index in [1.165, 1.54) is 6.92 Å². The van der Waals surface area contributed by atoms with Gasteiger partial charge in [-0.1, -0.05) is 0 Å². The Bertz CT molecular complexity index is 507. The lowest BCUT2D eigenvalue weighted by molar-refractivity contribution is -0.275. The predicted octanol–water partition coefficient (Wildman–Crippen LogP) is 1.30. The fourth-order valence-electron chi connectivity index (χ4n) is 1.29. The third kappa shape index (κ3) is 3.79. The zero-order valence-electron chi connectivity index (χ0n) is 9.55. The first kappa shape index (κ1) is 14.1. The van der Waals surface area contributed by atoms with Crippen molar-refractivity contribution in [3.63, 3.8) is 0 Å². The fraction of sp³-hybridized carbons (Fsp3) is 0.400. The Kier molecular flexibility index (Phi) is 4.00. The summed E-state index contributed by atoms with van der Waals surface area (Å²) in [6.45, 7) is 1.40. The maximum atomic E-state index is 12.2. The second kappa shape index (κ2) is 5.11. The van der Waals surface area contributed by atoms with Gasteiger partial charge in [-0.2, -0.15) is 0 Å². The molecule has 0 aromatic carbocycles. The molecule has 1 N–H and O–H groups in total. The van der Waals surface area contributed by atoms with Crippen LogP contribution in [0.15, 0.2) is 10.9 Å². The van der Waals surface area contributed by atoms with Gasteiger partial charge in [-0.15, -0.1) is 13.2 Å². The van der Waals surface area contributed by atoms with Gasteiger partial charge in [-0.3, -0.25) is 9.59 Å². The summed E-state index contributed by atoms with van der Waals surface area (Å²) in [4.78, 5) is 24.8. The van der Waals surface area contributed by atoms with Gasteiger partial charge in [0.15, 0.2) is 0 Å². The van der Waals surface area contributed by atoms with Crippen molar-refractivity contribution in [3.05, 3.63) is 27.7 Å². The molecule has 18 heavy (non-hydrogen) atoms. The molecular weight excluding hydrogens is 255 g/mol. The number of ether oxygens (including phenoxy) is 2. The highest BCUT2D eigenvalue weighted by Crippen LogP contribution is 2.25. The smallest absolute Gasteiger partial charge is 0.469 e. The average molecular weight is 265 g/mol. The molecule has 0 atom stereocenters. The van der Waals surface area contributed by atoms with Gasteiger partial charge in [-0.05, 0) is 6.92 Å². The monoisotopic (exact) mass is 265 g/mol. The van der Waals surface area contributed by atoms with E-state index in [0.29, 0.717) is 0 Å². The van der Waals surface area contributed by atoms with Gasteiger partial charge < -0.3 is 14.5 Å². The number of carbonyl (C=O) groups excluding carboxylic acids is 1. The van der Waals surface area contributed by atoms with E-state index in [9.17, 15) is 22.8 Å². The lowest BCUT2D eigenvalue weighted by atomic mass is 10.1. The summed E-state index contributed by atoms with van der Waals surface area (Å²) < 4.78 is 44.5. The number of H-pyrrole nitrogens is 1. The van der Waals surface area contributed by atoms with Gasteiger partial charge in [0.2, 0.25) is 0 Å². The number of nitrogens with one attached hydrogen (secondary N) is 1. The Morgan fingerprint density at radius 3 is 2.56 bits per heavy atom. The molecule has 0 bridgehead atoms. The summed E-state index contributed by atoms with van der Waals surface area (Å²) in [6.07, 6.45) is -5.54. The van der Waals surface area contributed by atoms with Crippen molar-refractivity contribution in [2.75, 3.05) is 7.11 Å². The van der Waals surface area contributed by atoms with Crippen LogP contribution in [-0.2, 0) is 16.0 Å². The van der Waals surface area contributed by atoms with Crippen molar-refractivity contribution in [3.8, 4) is 5.75 Å². The normalized spacial score (nSPS) is 11.2. The number of hydrogen-bond donors (Lipinski definition) is 1. The van der Waals surface area contributed by atoms with E-state index in [1.807, 2.05) is 0 Å². The number of alkyl halides is 3. The molecule has 0 aliphatic carbocycles. The standard InChI is InChI=1S/C10H10F3NO4/c1-5-3-7(18-10(11,12)13)6(9(16)14-5)4-8(15)17-2/h3H,4H2,1-2H3,(H,14,16). The third-order valence-corrected chi connectivity index (χ3v) is 2.00. The molecule has 1 rings (SSSR count). The maximum Gasteiger partial charge on any atom is 0.573 e. The minimum Gasteiger partial charge on any atom is -0.469 e. The summed E-state index contributed by atoms with van der Waals surface area (Å²) in [5.74, 6) is -1.54. The fourth-order valence-corrected chi connectivity index (χ4v) is 1.29. The van der Waals surface area contributed by atoms with Gasteiger partial charge in [-0.25, -0.2) is 0 Å². The molecular formula is C10H10F3NO4. The molecule has 1 aromatic rings. The van der Waals surface area contributed by atoms with Crippen molar-refractivity contribution >= 4 is 5.97 Å². The first-order valence-electron chi connectivity index (χ1n) is 4.78. The molecule has 0 fully saturated rings. The van der Waals surface area contributed by atoms with Crippen LogP contribution in [0.4, 0.5) is 13.2 Å². The lowest BCUT2D eigenvalue weighted by Gasteiger charge is -2.12. The molecule has 100 valence electrons. The lowest BCUT2D eigenvalue weighted by Crippen LogP contribution is -2.24. The Morgan fingerprint density at radius 2 is 2.06 bits per heavy atom. The van der Waals surface area contributed by atoms with Crippen LogP contribution in [-0.4, -0.2) is 24.4 Å². The number of carbonyl (C=O) groups is 1. The van der Waals surface area contributed by atoms with Crippen molar-refractivity contribution in [1.29, 1.82) is 0 Å². The number of rotatable bonds is 3. The molecule has 8 heteroatoms. The second-order valence-electron chi connectivity index (χ2n) is 3.42. The molecule has 0 amide bonds. The largest absolute Gasteiger partial charge is 0.573 e. The summed E-state index contributed by atoms with van der Waals surface area (Å²) in [6, 6.07) is 0.993. The third-order valence-electron chi connectivity index (χ3n) is 2.00. The zero-order valence-corrected chi connectivity index (χ0v) is 9.55. The number of aryl methyl sites for hydroxylation is 1. The van der Waals surface area contributed by atoms with E-state index in [0.717, 1.165) is 13.2 Å². The first-order chi connectivity index (χ1) is 8.23. The highest BCUT2D eigenvalue weighted by atomic mass is 19.4. The van der Waals surface area contributed by atoms with E-state index >= 15 is 0 Å². The van der Waals surface area contributed by atoms with Gasteiger partial charge in [0.1, 0.15) is 5.75 Å². The van der Waals surface area contributed by atoms with Gasteiger partial charge in [0.25, 0.3) is 5.56 Å². The SMILES string of the molecule is COC(=O)Cc1c(OC(F)(F)F)cc(C)[nH]c1=O. The van der Waals surface area contributed by atoms with Gasteiger partial charge in [0.05, 0.1) is 19.1 Å². The van der Waals surface area contributed by atoms with Crippen molar-refractivity contribution in [2.24, 2.45) is 0 Å². The van der Waals surface area contributed by atoms with E-state index in [2.05, 4.69) is 14.5 Å². The minimum atomic E-state index is -4.94. The Hall–Kier alpha value is -1.99. The number of aromatic nitrogens is 1. The van der Waals surface area contributed by atoms with Crippen LogP contribution in [0.1, 0.15) is 11.3 Å². The molecule has 0 spiro atoms. The highest BCUT2D eigenvalue weighted by molar-refractivity contribution is 5.73. The van der Waals surface area contributed by atoms with Gasteiger partial charge >= 0.3 is 12.3 Å². The van der Waals surface area contributed by atoms with E-state index in [-0.39, 0.29) is 5.69 Å². The van der Waals surface area contributed by atoms with Crippen LogP contribution in [0.5, 0.6) is 5.75 Å². The van der Waals surface area contributed by atoms with E-state index in [1.54, 1.807) is 0 Å². The molecule has 1 heterocycles. The number of hydrogen-bond acceptors (Lipinski definition) is 4. The zero-order chi connectivity index (χ0) is 13.9. The number of aromatic amines is 1. The Labute approximate surface area is 99.5 Å². The van der Waals surface area contributed by atoms with E-state index < -0.39 is 35.6 Å². The quantitative estimate of drug-likeness (QED) is 0.836. The predicted molar refractivity (Wildman–Crippen MR) is 54.2 cm³/mol. The molecule has 0 radical (unpaired) electrons.